The van der Waals surface area contributed by atoms with Crippen molar-refractivity contribution in [2.45, 2.75) is 33.6 Å². The summed E-state index contributed by atoms with van der Waals surface area (Å²) < 4.78 is 17.0. The van der Waals surface area contributed by atoms with Crippen LogP contribution in [-0.4, -0.2) is 24.6 Å². The van der Waals surface area contributed by atoms with Crippen LogP contribution in [0.4, 0.5) is 5.69 Å². The van der Waals surface area contributed by atoms with Gasteiger partial charge < -0.3 is 19.2 Å². The highest BCUT2D eigenvalue weighted by molar-refractivity contribution is 6.42. The Balaban J connectivity index is 1.56. The Morgan fingerprint density at radius 2 is 1.72 bits per heavy atom. The molecule has 9 heteroatoms. The molecule has 0 aliphatic carbocycles. The van der Waals surface area contributed by atoms with Gasteiger partial charge in [-0.15, -0.1) is 0 Å². The summed E-state index contributed by atoms with van der Waals surface area (Å²) in [5, 5.41) is 3.80. The lowest BCUT2D eigenvalue weighted by Gasteiger charge is -2.16. The Morgan fingerprint density at radius 1 is 1.03 bits per heavy atom. The first kappa shape index (κ1) is 26.1. The normalized spacial score (nSPS) is 11.2. The van der Waals surface area contributed by atoms with E-state index >= 15 is 0 Å². The number of ether oxygens (including phenoxy) is 2. The number of carbonyl (C=O) groups is 1. The average molecular weight is 548 g/mol. The van der Waals surface area contributed by atoms with Gasteiger partial charge in [-0.05, 0) is 66.8 Å². The van der Waals surface area contributed by atoms with Crippen LogP contribution in [0.3, 0.4) is 0 Å². The maximum absolute atomic E-state index is 12.8. The number of carbonyl (C=O) groups excluding carboxylic acids is 1. The lowest BCUT2D eigenvalue weighted by molar-refractivity contribution is -0.118. The van der Waals surface area contributed by atoms with Crippen molar-refractivity contribution >= 4 is 57.5 Å². The fraction of sp³-hybridized carbons (Fsp3) is 0.259. The van der Waals surface area contributed by atoms with E-state index in [0.29, 0.717) is 50.5 Å². The van der Waals surface area contributed by atoms with Gasteiger partial charge in [0, 0.05) is 10.6 Å². The monoisotopic (exact) mass is 546 g/mol. The Hall–Kier alpha value is -2.93. The molecule has 36 heavy (non-hydrogen) atoms. The van der Waals surface area contributed by atoms with Crippen LogP contribution >= 0.6 is 34.8 Å². The Labute approximate surface area is 224 Å². The molecule has 3 aromatic carbocycles. The number of amides is 1. The van der Waals surface area contributed by atoms with Crippen molar-refractivity contribution in [2.75, 3.05) is 19.0 Å². The maximum Gasteiger partial charge on any atom is 0.262 e. The van der Waals surface area contributed by atoms with Gasteiger partial charge in [-0.1, -0.05) is 54.7 Å². The Morgan fingerprint density at radius 3 is 2.36 bits per heavy atom. The van der Waals surface area contributed by atoms with E-state index in [1.165, 1.54) is 12.7 Å². The van der Waals surface area contributed by atoms with Gasteiger partial charge in [-0.2, -0.15) is 0 Å². The first-order valence-electron chi connectivity index (χ1n) is 11.3. The molecule has 1 amide bonds. The molecule has 0 atom stereocenters. The molecule has 1 N–H and O–H groups in total. The van der Waals surface area contributed by atoms with Crippen LogP contribution in [0.5, 0.6) is 11.5 Å². The molecule has 0 fully saturated rings. The van der Waals surface area contributed by atoms with Gasteiger partial charge in [0.1, 0.15) is 11.3 Å². The zero-order valence-electron chi connectivity index (χ0n) is 20.5. The van der Waals surface area contributed by atoms with Gasteiger partial charge >= 0.3 is 0 Å². The van der Waals surface area contributed by atoms with Crippen LogP contribution in [0.15, 0.2) is 40.8 Å². The molecule has 0 saturated heterocycles. The predicted octanol–water partition coefficient (Wildman–Crippen LogP) is 8.22. The third kappa shape index (κ3) is 5.12. The summed E-state index contributed by atoms with van der Waals surface area (Å²) in [6.07, 6.45) is 0. The lowest BCUT2D eigenvalue weighted by Crippen LogP contribution is -2.21. The molecule has 1 aromatic heterocycles. The van der Waals surface area contributed by atoms with E-state index in [0.717, 1.165) is 5.52 Å². The zero-order chi connectivity index (χ0) is 26.1. The van der Waals surface area contributed by atoms with Crippen molar-refractivity contribution in [2.24, 2.45) is 0 Å². The first-order valence-corrected chi connectivity index (χ1v) is 12.4. The summed E-state index contributed by atoms with van der Waals surface area (Å²) >= 11 is 19.0. The van der Waals surface area contributed by atoms with E-state index in [4.69, 9.17) is 48.7 Å². The quantitative estimate of drug-likeness (QED) is 0.252. The number of halogens is 3. The summed E-state index contributed by atoms with van der Waals surface area (Å²) in [5.41, 5.74) is 5.02. The van der Waals surface area contributed by atoms with Crippen LogP contribution in [0.1, 0.15) is 36.5 Å². The van der Waals surface area contributed by atoms with Crippen LogP contribution in [0, 0.1) is 13.8 Å². The maximum atomic E-state index is 12.8. The molecular formula is C27H25Cl3N2O4. The van der Waals surface area contributed by atoms with Crippen molar-refractivity contribution in [3.8, 4) is 23.0 Å². The number of nitrogens with zero attached hydrogens (tertiary/aromatic N) is 1. The topological polar surface area (TPSA) is 73.6 Å². The number of rotatable bonds is 7. The number of hydrogen-bond donors (Lipinski definition) is 1. The molecule has 0 unspecified atom stereocenters. The summed E-state index contributed by atoms with van der Waals surface area (Å²) in [7, 11) is 1.52. The first-order chi connectivity index (χ1) is 17.1. The number of aromatic nitrogens is 1. The molecule has 1 heterocycles. The zero-order valence-corrected chi connectivity index (χ0v) is 22.7. The fourth-order valence-electron chi connectivity index (χ4n) is 3.73. The smallest absolute Gasteiger partial charge is 0.262 e. The van der Waals surface area contributed by atoms with Gasteiger partial charge in [0.2, 0.25) is 5.89 Å². The molecule has 188 valence electrons. The van der Waals surface area contributed by atoms with E-state index in [2.05, 4.69) is 24.1 Å². The SMILES string of the molecule is COc1ccc(-c2nc3cc(C(C)C)ccc3o2)cc1NC(=O)COc1c(Cl)c(C)c(Cl)c(C)c1Cl. The highest BCUT2D eigenvalue weighted by Crippen LogP contribution is 2.42. The third-order valence-corrected chi connectivity index (χ3v) is 7.34. The third-order valence-electron chi connectivity index (χ3n) is 5.86. The van der Waals surface area contributed by atoms with E-state index in [-0.39, 0.29) is 22.4 Å². The fourth-order valence-corrected chi connectivity index (χ4v) is 4.55. The molecule has 0 aliphatic heterocycles. The van der Waals surface area contributed by atoms with Gasteiger partial charge in [0.15, 0.2) is 17.9 Å². The summed E-state index contributed by atoms with van der Waals surface area (Å²) in [6.45, 7) is 7.44. The largest absolute Gasteiger partial charge is 0.495 e. The molecule has 0 bridgehead atoms. The van der Waals surface area contributed by atoms with Gasteiger partial charge in [-0.3, -0.25) is 4.79 Å². The van der Waals surface area contributed by atoms with Crippen molar-refractivity contribution in [3.63, 3.8) is 0 Å². The number of fused-ring (bicyclic) bond motifs is 1. The standard InChI is InChI=1S/C27H25Cl3N2O4/c1-13(2)16-6-9-21-19(10-16)32-27(36-21)17-7-8-20(34-5)18(11-17)31-22(33)12-35-26-24(29)14(3)23(28)15(4)25(26)30/h6-11,13H,12H2,1-5H3,(H,31,33). The van der Waals surface area contributed by atoms with Gasteiger partial charge in [-0.25, -0.2) is 4.98 Å². The van der Waals surface area contributed by atoms with Crippen molar-refractivity contribution in [3.05, 3.63) is 68.2 Å². The van der Waals surface area contributed by atoms with Crippen molar-refractivity contribution in [1.29, 1.82) is 0 Å². The highest BCUT2D eigenvalue weighted by Gasteiger charge is 2.20. The average Bonchev–Trinajstić information content (AvgIpc) is 3.29. The van der Waals surface area contributed by atoms with E-state index < -0.39 is 5.91 Å². The second kappa shape index (κ2) is 10.6. The second-order valence-corrected chi connectivity index (χ2v) is 9.81. The van der Waals surface area contributed by atoms with Crippen LogP contribution in [-0.2, 0) is 4.79 Å². The summed E-state index contributed by atoms with van der Waals surface area (Å²) in [4.78, 5) is 17.4. The lowest BCUT2D eigenvalue weighted by atomic mass is 10.0. The number of hydrogen-bond acceptors (Lipinski definition) is 5. The van der Waals surface area contributed by atoms with Crippen LogP contribution in [0.2, 0.25) is 15.1 Å². The minimum atomic E-state index is -0.429. The summed E-state index contributed by atoms with van der Waals surface area (Å²) in [5.74, 6) is 1.07. The molecule has 0 radical (unpaired) electrons. The second-order valence-electron chi connectivity index (χ2n) is 8.67. The number of oxazole rings is 1. The summed E-state index contributed by atoms with van der Waals surface area (Å²) in [6, 6.07) is 11.3. The van der Waals surface area contributed by atoms with Gasteiger partial charge in [0.25, 0.3) is 5.91 Å². The molecule has 0 saturated carbocycles. The molecule has 0 spiro atoms. The van der Waals surface area contributed by atoms with Crippen LogP contribution in [0.25, 0.3) is 22.6 Å². The molecule has 4 aromatic rings. The van der Waals surface area contributed by atoms with Gasteiger partial charge in [0.05, 0.1) is 22.8 Å². The van der Waals surface area contributed by atoms with E-state index in [9.17, 15) is 4.79 Å². The number of methoxy groups -OCH3 is 1. The minimum absolute atomic E-state index is 0.209. The number of benzene rings is 3. The predicted molar refractivity (Wildman–Crippen MR) is 145 cm³/mol. The highest BCUT2D eigenvalue weighted by atomic mass is 35.5. The minimum Gasteiger partial charge on any atom is -0.495 e. The Bertz CT molecular complexity index is 1430. The molecule has 4 rings (SSSR count). The van der Waals surface area contributed by atoms with Crippen molar-refractivity contribution < 1.29 is 18.7 Å². The van der Waals surface area contributed by atoms with Crippen LogP contribution < -0.4 is 14.8 Å². The Kier molecular flexibility index (Phi) is 7.69. The number of nitrogens with one attached hydrogen (secondary N) is 1. The van der Waals surface area contributed by atoms with Crippen molar-refractivity contribution in [1.82, 2.24) is 4.98 Å². The molecule has 0 aliphatic rings. The molecular weight excluding hydrogens is 523 g/mol. The number of anilines is 1. The van der Waals surface area contributed by atoms with E-state index in [1.807, 2.05) is 24.3 Å². The van der Waals surface area contributed by atoms with E-state index in [1.54, 1.807) is 26.0 Å². The molecule has 6 nitrogen and oxygen atoms in total.